The Morgan fingerprint density at radius 1 is 1.05 bits per heavy atom. The molecule has 0 bridgehead atoms. The fraction of sp³-hybridized carbons (Fsp3) is 0.0714. The molecule has 0 saturated heterocycles. The van der Waals surface area contributed by atoms with E-state index < -0.39 is 6.04 Å². The van der Waals surface area contributed by atoms with Crippen molar-refractivity contribution >= 4 is 49.1 Å². The minimum absolute atomic E-state index is 0.494. The molecule has 0 aliphatic rings. The van der Waals surface area contributed by atoms with Crippen LogP contribution >= 0.6 is 43.5 Å². The highest BCUT2D eigenvalue weighted by atomic mass is 79.9. The van der Waals surface area contributed by atoms with Gasteiger partial charge in [0, 0.05) is 25.2 Å². The molecule has 1 N–H and O–H groups in total. The maximum absolute atomic E-state index is 9.31. The second kappa shape index (κ2) is 6.42. The van der Waals surface area contributed by atoms with Crippen LogP contribution in [0.3, 0.4) is 0 Å². The van der Waals surface area contributed by atoms with E-state index in [1.165, 1.54) is 0 Å². The van der Waals surface area contributed by atoms with Gasteiger partial charge >= 0.3 is 0 Å². The number of nitrogens with one attached hydrogen (secondary N) is 1. The Balaban J connectivity index is 2.28. The van der Waals surface area contributed by atoms with Crippen molar-refractivity contribution < 1.29 is 0 Å². The van der Waals surface area contributed by atoms with Gasteiger partial charge in [-0.05, 0) is 42.5 Å². The van der Waals surface area contributed by atoms with E-state index in [9.17, 15) is 5.26 Å². The van der Waals surface area contributed by atoms with Crippen LogP contribution in [0.2, 0.25) is 5.02 Å². The van der Waals surface area contributed by atoms with Crippen LogP contribution in [-0.4, -0.2) is 0 Å². The highest BCUT2D eigenvalue weighted by Crippen LogP contribution is 2.29. The summed E-state index contributed by atoms with van der Waals surface area (Å²) in [7, 11) is 0. The molecular weight excluding hydrogens is 391 g/mol. The van der Waals surface area contributed by atoms with Crippen LogP contribution in [0, 0.1) is 11.3 Å². The van der Waals surface area contributed by atoms with Gasteiger partial charge in [0.15, 0.2) is 0 Å². The van der Waals surface area contributed by atoms with E-state index in [1.807, 2.05) is 36.4 Å². The van der Waals surface area contributed by atoms with E-state index in [0.29, 0.717) is 5.02 Å². The Morgan fingerprint density at radius 2 is 1.68 bits per heavy atom. The number of rotatable bonds is 3. The lowest BCUT2D eigenvalue weighted by Crippen LogP contribution is -2.09. The largest absolute Gasteiger partial charge is 0.366 e. The van der Waals surface area contributed by atoms with Crippen molar-refractivity contribution in [1.82, 2.24) is 0 Å². The normalized spacial score (nSPS) is 11.7. The van der Waals surface area contributed by atoms with Gasteiger partial charge < -0.3 is 5.32 Å². The molecule has 0 radical (unpaired) electrons. The first-order valence-corrected chi connectivity index (χ1v) is 7.43. The lowest BCUT2D eigenvalue weighted by atomic mass is 10.1. The number of anilines is 1. The zero-order valence-corrected chi connectivity index (χ0v) is 13.6. The molecule has 5 heteroatoms. The molecule has 0 fully saturated rings. The van der Waals surface area contributed by atoms with Crippen LogP contribution in [0.25, 0.3) is 0 Å². The van der Waals surface area contributed by atoms with Crippen molar-refractivity contribution in [2.45, 2.75) is 6.04 Å². The Morgan fingerprint density at radius 3 is 2.32 bits per heavy atom. The van der Waals surface area contributed by atoms with Gasteiger partial charge in [-0.1, -0.05) is 43.5 Å². The third-order valence-electron chi connectivity index (χ3n) is 2.55. The molecule has 0 spiro atoms. The third-order valence-corrected chi connectivity index (χ3v) is 3.92. The average molecular weight is 401 g/mol. The Labute approximate surface area is 133 Å². The van der Waals surface area contributed by atoms with Crippen LogP contribution in [-0.2, 0) is 0 Å². The Hall–Kier alpha value is -1.02. The predicted molar refractivity (Wildman–Crippen MR) is 85.3 cm³/mol. The van der Waals surface area contributed by atoms with Crippen molar-refractivity contribution in [3.05, 3.63) is 62.0 Å². The molecule has 0 amide bonds. The number of halogens is 3. The summed E-state index contributed by atoms with van der Waals surface area (Å²) in [6.45, 7) is 0. The molecule has 2 rings (SSSR count). The summed E-state index contributed by atoms with van der Waals surface area (Å²) in [5.41, 5.74) is 1.62. The van der Waals surface area contributed by atoms with Crippen LogP contribution in [0.15, 0.2) is 51.4 Å². The van der Waals surface area contributed by atoms with E-state index >= 15 is 0 Å². The zero-order chi connectivity index (χ0) is 13.8. The Bertz CT molecular complexity index is 620. The van der Waals surface area contributed by atoms with E-state index in [1.54, 1.807) is 6.07 Å². The van der Waals surface area contributed by atoms with Crippen molar-refractivity contribution in [1.29, 1.82) is 5.26 Å². The van der Waals surface area contributed by atoms with E-state index in [-0.39, 0.29) is 0 Å². The third kappa shape index (κ3) is 3.73. The van der Waals surface area contributed by atoms with E-state index in [4.69, 9.17) is 11.6 Å². The van der Waals surface area contributed by atoms with E-state index in [2.05, 4.69) is 43.2 Å². The summed E-state index contributed by atoms with van der Waals surface area (Å²) < 4.78 is 1.89. The number of nitriles is 1. The molecule has 2 aromatic rings. The molecule has 0 saturated carbocycles. The second-order valence-corrected chi connectivity index (χ2v) is 6.12. The molecule has 0 heterocycles. The lowest BCUT2D eigenvalue weighted by molar-refractivity contribution is 0.996. The topological polar surface area (TPSA) is 35.8 Å². The minimum atomic E-state index is -0.494. The molecule has 1 unspecified atom stereocenters. The first kappa shape index (κ1) is 14.4. The van der Waals surface area contributed by atoms with Crippen LogP contribution in [0.4, 0.5) is 5.69 Å². The molecule has 0 aliphatic heterocycles. The monoisotopic (exact) mass is 398 g/mol. The SMILES string of the molecule is N#CC(Nc1ccc(Br)cc1)c1cc(Br)ccc1Cl. The van der Waals surface area contributed by atoms with Crippen LogP contribution in [0.1, 0.15) is 11.6 Å². The summed E-state index contributed by atoms with van der Waals surface area (Å²) in [5, 5.41) is 13.0. The van der Waals surface area contributed by atoms with Crippen LogP contribution in [0.5, 0.6) is 0 Å². The van der Waals surface area contributed by atoms with Gasteiger partial charge in [0.2, 0.25) is 0 Å². The van der Waals surface area contributed by atoms with Crippen LogP contribution < -0.4 is 5.32 Å². The first-order valence-electron chi connectivity index (χ1n) is 5.47. The van der Waals surface area contributed by atoms with Gasteiger partial charge in [0.05, 0.1) is 6.07 Å². The number of hydrogen-bond acceptors (Lipinski definition) is 2. The fourth-order valence-electron chi connectivity index (χ4n) is 1.63. The number of hydrogen-bond donors (Lipinski definition) is 1. The summed E-state index contributed by atoms with van der Waals surface area (Å²) >= 11 is 12.9. The van der Waals surface area contributed by atoms with Gasteiger partial charge in [0.25, 0.3) is 0 Å². The van der Waals surface area contributed by atoms with Crippen molar-refractivity contribution in [3.8, 4) is 6.07 Å². The van der Waals surface area contributed by atoms with Crippen molar-refractivity contribution in [2.75, 3.05) is 5.32 Å². The first-order chi connectivity index (χ1) is 9.10. The lowest BCUT2D eigenvalue weighted by Gasteiger charge is -2.15. The van der Waals surface area contributed by atoms with Crippen molar-refractivity contribution in [3.63, 3.8) is 0 Å². The molecular formula is C14H9Br2ClN2. The molecule has 2 aromatic carbocycles. The minimum Gasteiger partial charge on any atom is -0.366 e. The van der Waals surface area contributed by atoms with Crippen molar-refractivity contribution in [2.24, 2.45) is 0 Å². The molecule has 1 atom stereocenters. The van der Waals surface area contributed by atoms with Gasteiger partial charge in [-0.2, -0.15) is 5.26 Å². The zero-order valence-electron chi connectivity index (χ0n) is 9.70. The van der Waals surface area contributed by atoms with Gasteiger partial charge in [-0.15, -0.1) is 0 Å². The summed E-state index contributed by atoms with van der Waals surface area (Å²) in [5.74, 6) is 0. The molecule has 96 valence electrons. The predicted octanol–water partition coefficient (Wildman–Crippen LogP) is 5.54. The highest BCUT2D eigenvalue weighted by molar-refractivity contribution is 9.10. The molecule has 19 heavy (non-hydrogen) atoms. The highest BCUT2D eigenvalue weighted by Gasteiger charge is 2.14. The maximum Gasteiger partial charge on any atom is 0.141 e. The Kier molecular flexibility index (Phi) is 4.87. The van der Waals surface area contributed by atoms with Gasteiger partial charge in [0.1, 0.15) is 6.04 Å². The second-order valence-electron chi connectivity index (χ2n) is 3.88. The summed E-state index contributed by atoms with van der Waals surface area (Å²) in [6.07, 6.45) is 0. The molecule has 0 aromatic heterocycles. The molecule has 2 nitrogen and oxygen atoms in total. The standard InChI is InChI=1S/C14H9Br2ClN2/c15-9-1-4-11(5-2-9)19-14(8-18)12-7-10(16)3-6-13(12)17/h1-7,14,19H. The smallest absolute Gasteiger partial charge is 0.141 e. The fourth-order valence-corrected chi connectivity index (χ4v) is 2.50. The number of nitrogens with zero attached hydrogens (tertiary/aromatic N) is 1. The van der Waals surface area contributed by atoms with E-state index in [0.717, 1.165) is 20.2 Å². The average Bonchev–Trinajstić information content (AvgIpc) is 2.41. The summed E-state index contributed by atoms with van der Waals surface area (Å²) in [4.78, 5) is 0. The molecule has 0 aliphatic carbocycles. The summed E-state index contributed by atoms with van der Waals surface area (Å²) in [6, 6.07) is 14.8. The maximum atomic E-state index is 9.31. The quantitative estimate of drug-likeness (QED) is 0.734. The van der Waals surface area contributed by atoms with Gasteiger partial charge in [-0.3, -0.25) is 0 Å². The van der Waals surface area contributed by atoms with Gasteiger partial charge in [-0.25, -0.2) is 0 Å². The number of benzene rings is 2.